The largest absolute Gasteiger partial charge is 0.481 e. The smallest absolute Gasteiger partial charge is 0.306 e. The molecule has 0 aromatic carbocycles. The van der Waals surface area contributed by atoms with Crippen LogP contribution < -0.4 is 0 Å². The first-order chi connectivity index (χ1) is 6.00. The van der Waals surface area contributed by atoms with E-state index in [1.807, 2.05) is 6.92 Å². The molecule has 2 unspecified atom stereocenters. The van der Waals surface area contributed by atoms with Crippen LogP contribution in [0.25, 0.3) is 0 Å². The topological polar surface area (TPSA) is 54.4 Å². The number of carboxylic acids is 1. The van der Waals surface area contributed by atoms with Gasteiger partial charge in [-0.2, -0.15) is 0 Å². The normalized spacial score (nSPS) is 15.0. The van der Waals surface area contributed by atoms with Crippen molar-refractivity contribution in [1.82, 2.24) is 0 Å². The molecule has 0 saturated heterocycles. The monoisotopic (exact) mass is 186 g/mol. The fraction of sp³-hybridized carbons (Fsp3) is 0.800. The van der Waals surface area contributed by atoms with Gasteiger partial charge in [-0.15, -0.1) is 0 Å². The molecule has 0 rings (SSSR count). The van der Waals surface area contributed by atoms with Crippen LogP contribution >= 0.6 is 0 Å². The maximum atomic E-state index is 11.4. The minimum absolute atomic E-state index is 0.0664. The van der Waals surface area contributed by atoms with Gasteiger partial charge in [0, 0.05) is 12.3 Å². The van der Waals surface area contributed by atoms with Crippen molar-refractivity contribution in [3.05, 3.63) is 0 Å². The minimum Gasteiger partial charge on any atom is -0.481 e. The van der Waals surface area contributed by atoms with Crippen molar-refractivity contribution in [3.8, 4) is 0 Å². The van der Waals surface area contributed by atoms with Crippen molar-refractivity contribution in [2.75, 3.05) is 0 Å². The molecule has 0 aliphatic heterocycles. The quantitative estimate of drug-likeness (QED) is 0.691. The van der Waals surface area contributed by atoms with Crippen molar-refractivity contribution in [1.29, 1.82) is 0 Å². The Balaban J connectivity index is 4.01. The van der Waals surface area contributed by atoms with Gasteiger partial charge in [-0.05, 0) is 6.42 Å². The maximum absolute atomic E-state index is 11.4. The number of unbranched alkanes of at least 4 members (excludes halogenated alkanes) is 1. The van der Waals surface area contributed by atoms with Crippen LogP contribution in [-0.2, 0) is 9.59 Å². The zero-order valence-corrected chi connectivity index (χ0v) is 8.54. The summed E-state index contributed by atoms with van der Waals surface area (Å²) in [5.41, 5.74) is 0. The summed E-state index contributed by atoms with van der Waals surface area (Å²) >= 11 is 0. The molecule has 0 bridgehead atoms. The lowest BCUT2D eigenvalue weighted by molar-refractivity contribution is -0.145. The highest BCUT2D eigenvalue weighted by Crippen LogP contribution is 2.15. The lowest BCUT2D eigenvalue weighted by Gasteiger charge is -2.13. The van der Waals surface area contributed by atoms with E-state index >= 15 is 0 Å². The van der Waals surface area contributed by atoms with Gasteiger partial charge in [0.05, 0.1) is 5.92 Å². The summed E-state index contributed by atoms with van der Waals surface area (Å²) in [6.45, 7) is 5.28. The Labute approximate surface area is 79.1 Å². The number of rotatable bonds is 6. The van der Waals surface area contributed by atoms with Crippen molar-refractivity contribution in [2.24, 2.45) is 11.8 Å². The molecule has 0 aromatic heterocycles. The fourth-order valence-corrected chi connectivity index (χ4v) is 1.07. The number of hydrogen-bond donors (Lipinski definition) is 1. The first-order valence-corrected chi connectivity index (χ1v) is 4.76. The molecule has 13 heavy (non-hydrogen) atoms. The average Bonchev–Trinajstić information content (AvgIpc) is 2.11. The summed E-state index contributed by atoms with van der Waals surface area (Å²) in [6, 6.07) is 0. The summed E-state index contributed by atoms with van der Waals surface area (Å²) < 4.78 is 0. The summed E-state index contributed by atoms with van der Waals surface area (Å²) in [6.07, 6.45) is 2.34. The first kappa shape index (κ1) is 12.1. The molecule has 0 heterocycles. The Morgan fingerprint density at radius 2 is 1.77 bits per heavy atom. The Morgan fingerprint density at radius 3 is 2.15 bits per heavy atom. The van der Waals surface area contributed by atoms with Gasteiger partial charge < -0.3 is 5.11 Å². The third-order valence-corrected chi connectivity index (χ3v) is 2.42. The van der Waals surface area contributed by atoms with Gasteiger partial charge in [-0.3, -0.25) is 9.59 Å². The zero-order chi connectivity index (χ0) is 10.4. The number of hydrogen-bond acceptors (Lipinski definition) is 2. The number of aliphatic carboxylic acids is 1. The molecule has 0 radical (unpaired) electrons. The maximum Gasteiger partial charge on any atom is 0.306 e. The van der Waals surface area contributed by atoms with Crippen molar-refractivity contribution >= 4 is 11.8 Å². The molecule has 0 saturated carbocycles. The molecule has 3 nitrogen and oxygen atoms in total. The summed E-state index contributed by atoms with van der Waals surface area (Å²) in [4.78, 5) is 22.0. The van der Waals surface area contributed by atoms with Crippen molar-refractivity contribution in [2.45, 2.75) is 40.0 Å². The van der Waals surface area contributed by atoms with E-state index < -0.39 is 11.9 Å². The number of ketones is 1. The predicted molar refractivity (Wildman–Crippen MR) is 50.5 cm³/mol. The van der Waals surface area contributed by atoms with Crippen molar-refractivity contribution in [3.63, 3.8) is 0 Å². The van der Waals surface area contributed by atoms with Gasteiger partial charge in [0.25, 0.3) is 0 Å². The molecular weight excluding hydrogens is 168 g/mol. The van der Waals surface area contributed by atoms with Crippen molar-refractivity contribution < 1.29 is 14.7 Å². The SMILES string of the molecule is CCCCC(=O)C(C)C(C)C(=O)O. The van der Waals surface area contributed by atoms with Crippen LogP contribution in [-0.4, -0.2) is 16.9 Å². The highest BCUT2D eigenvalue weighted by Gasteiger charge is 2.24. The summed E-state index contributed by atoms with van der Waals surface area (Å²) in [5.74, 6) is -1.75. The van der Waals surface area contributed by atoms with Crippen LogP contribution in [0.4, 0.5) is 0 Å². The second-order valence-corrected chi connectivity index (χ2v) is 3.49. The Hall–Kier alpha value is -0.860. The lowest BCUT2D eigenvalue weighted by Crippen LogP contribution is -2.25. The van der Waals surface area contributed by atoms with Gasteiger partial charge in [0.1, 0.15) is 5.78 Å². The molecular formula is C10H18O3. The summed E-state index contributed by atoms with van der Waals surface area (Å²) in [5, 5.41) is 8.67. The highest BCUT2D eigenvalue weighted by molar-refractivity contribution is 5.85. The molecule has 0 aliphatic carbocycles. The van der Waals surface area contributed by atoms with Crippen LogP contribution in [0.3, 0.4) is 0 Å². The Morgan fingerprint density at radius 1 is 1.23 bits per heavy atom. The second-order valence-electron chi connectivity index (χ2n) is 3.49. The van der Waals surface area contributed by atoms with E-state index in [1.54, 1.807) is 13.8 Å². The van der Waals surface area contributed by atoms with Gasteiger partial charge in [-0.25, -0.2) is 0 Å². The number of carboxylic acid groups (broad SMARTS) is 1. The van der Waals surface area contributed by atoms with Crippen LogP contribution in [0.15, 0.2) is 0 Å². The lowest BCUT2D eigenvalue weighted by atomic mass is 9.90. The Kier molecular flexibility index (Phi) is 5.35. The Bertz CT molecular complexity index is 187. The van der Waals surface area contributed by atoms with Crippen LogP contribution in [0.1, 0.15) is 40.0 Å². The molecule has 0 spiro atoms. The molecule has 0 aromatic rings. The molecule has 3 heteroatoms. The third-order valence-electron chi connectivity index (χ3n) is 2.42. The second kappa shape index (κ2) is 5.73. The van der Waals surface area contributed by atoms with Gasteiger partial charge in [0.2, 0.25) is 0 Å². The average molecular weight is 186 g/mol. The fourth-order valence-electron chi connectivity index (χ4n) is 1.07. The van der Waals surface area contributed by atoms with E-state index in [0.717, 1.165) is 12.8 Å². The van der Waals surface area contributed by atoms with E-state index in [-0.39, 0.29) is 11.7 Å². The van der Waals surface area contributed by atoms with E-state index in [9.17, 15) is 9.59 Å². The molecule has 2 atom stereocenters. The van der Waals surface area contributed by atoms with E-state index in [2.05, 4.69) is 0 Å². The zero-order valence-electron chi connectivity index (χ0n) is 8.54. The van der Waals surface area contributed by atoms with Crippen LogP contribution in [0.5, 0.6) is 0 Å². The molecule has 0 aliphatic rings. The van der Waals surface area contributed by atoms with E-state index in [4.69, 9.17) is 5.11 Å². The van der Waals surface area contributed by atoms with Crippen LogP contribution in [0, 0.1) is 11.8 Å². The number of Topliss-reactive ketones (excluding diaryl/α,β-unsaturated/α-hetero) is 1. The number of carbonyl (C=O) groups excluding carboxylic acids is 1. The molecule has 0 fully saturated rings. The molecule has 76 valence electrons. The molecule has 0 amide bonds. The predicted octanol–water partition coefficient (Wildman–Crippen LogP) is 2.10. The highest BCUT2D eigenvalue weighted by atomic mass is 16.4. The minimum atomic E-state index is -0.891. The van der Waals surface area contributed by atoms with Gasteiger partial charge >= 0.3 is 5.97 Å². The number of carbonyl (C=O) groups is 2. The first-order valence-electron chi connectivity index (χ1n) is 4.76. The third kappa shape index (κ3) is 4.06. The molecule has 1 N–H and O–H groups in total. The van der Waals surface area contributed by atoms with E-state index in [1.165, 1.54) is 0 Å². The summed E-state index contributed by atoms with van der Waals surface area (Å²) in [7, 11) is 0. The standard InChI is InChI=1S/C10H18O3/c1-4-5-6-9(11)7(2)8(3)10(12)13/h7-8H,4-6H2,1-3H3,(H,12,13). The van der Waals surface area contributed by atoms with Gasteiger partial charge in [0.15, 0.2) is 0 Å². The van der Waals surface area contributed by atoms with Gasteiger partial charge in [-0.1, -0.05) is 27.2 Å². The van der Waals surface area contributed by atoms with Crippen LogP contribution in [0.2, 0.25) is 0 Å². The van der Waals surface area contributed by atoms with E-state index in [0.29, 0.717) is 6.42 Å².